The summed E-state index contributed by atoms with van der Waals surface area (Å²) >= 11 is 0. The summed E-state index contributed by atoms with van der Waals surface area (Å²) < 4.78 is 6.96. The normalized spacial score (nSPS) is 31.1. The lowest BCUT2D eigenvalue weighted by Gasteiger charge is -2.16. The van der Waals surface area contributed by atoms with Crippen molar-refractivity contribution in [3.8, 4) is 0 Å². The van der Waals surface area contributed by atoms with Crippen LogP contribution in [-0.2, 0) is 4.74 Å². The van der Waals surface area contributed by atoms with Crippen molar-refractivity contribution >= 4 is 16.9 Å². The third-order valence-corrected chi connectivity index (χ3v) is 4.85. The number of anilines is 1. The average molecular weight is 335 g/mol. The highest BCUT2D eigenvalue weighted by atomic mass is 16.6. The maximum absolute atomic E-state index is 10.2. The number of nitrogens with zero attached hydrogens (tertiary/aromatic N) is 4. The third kappa shape index (κ3) is 2.53. The van der Waals surface area contributed by atoms with Crippen LogP contribution in [0.4, 0.5) is 5.82 Å². The summed E-state index contributed by atoms with van der Waals surface area (Å²) in [6.07, 6.45) is 3.64. The minimum absolute atomic E-state index is 0.378. The van der Waals surface area contributed by atoms with E-state index in [1.54, 1.807) is 6.20 Å². The molecule has 3 heterocycles. The molecule has 2 aliphatic rings. The van der Waals surface area contributed by atoms with E-state index in [0.717, 1.165) is 18.2 Å². The molecule has 1 unspecified atom stereocenters. The fourth-order valence-corrected chi connectivity index (χ4v) is 3.51. The van der Waals surface area contributed by atoms with Gasteiger partial charge in [-0.3, -0.25) is 0 Å². The van der Waals surface area contributed by atoms with Gasteiger partial charge in [0.25, 0.3) is 0 Å². The first-order valence-corrected chi connectivity index (χ1v) is 8.26. The van der Waals surface area contributed by atoms with E-state index in [9.17, 15) is 15.3 Å². The van der Waals surface area contributed by atoms with Crippen LogP contribution in [0.1, 0.15) is 31.9 Å². The molecular weight excluding hydrogens is 314 g/mol. The van der Waals surface area contributed by atoms with E-state index >= 15 is 0 Å². The smallest absolute Gasteiger partial charge is 0.181 e. The lowest BCUT2D eigenvalue weighted by atomic mass is 10.1. The van der Waals surface area contributed by atoms with E-state index in [2.05, 4.69) is 20.4 Å². The van der Waals surface area contributed by atoms with Crippen molar-refractivity contribution in [1.82, 2.24) is 19.7 Å². The number of aromatic nitrogens is 4. The minimum Gasteiger partial charge on any atom is -0.394 e. The zero-order valence-electron chi connectivity index (χ0n) is 13.1. The molecule has 2 aromatic heterocycles. The van der Waals surface area contributed by atoms with Crippen molar-refractivity contribution in [3.05, 3.63) is 12.5 Å². The highest BCUT2D eigenvalue weighted by molar-refractivity contribution is 5.86. The highest BCUT2D eigenvalue weighted by Gasteiger charge is 2.44. The van der Waals surface area contributed by atoms with Crippen molar-refractivity contribution in [2.24, 2.45) is 0 Å². The number of aliphatic hydroxyl groups excluding tert-OH is 3. The second-order valence-electron chi connectivity index (χ2n) is 6.40. The zero-order valence-corrected chi connectivity index (χ0v) is 13.1. The van der Waals surface area contributed by atoms with Gasteiger partial charge in [0.1, 0.15) is 30.5 Å². The Balaban J connectivity index is 1.65. The van der Waals surface area contributed by atoms with E-state index in [1.807, 2.05) is 0 Å². The molecule has 130 valence electrons. The Kier molecular flexibility index (Phi) is 4.09. The molecule has 0 bridgehead atoms. The van der Waals surface area contributed by atoms with Crippen molar-refractivity contribution in [2.75, 3.05) is 11.9 Å². The highest BCUT2D eigenvalue weighted by Crippen LogP contribution is 2.32. The molecule has 9 nitrogen and oxygen atoms in total. The number of hydrogen-bond acceptors (Lipinski definition) is 8. The van der Waals surface area contributed by atoms with Gasteiger partial charge in [-0.15, -0.1) is 0 Å². The van der Waals surface area contributed by atoms with E-state index in [1.165, 1.54) is 23.9 Å². The molecular formula is C15H21N5O4. The Morgan fingerprint density at radius 2 is 2.00 bits per heavy atom. The second-order valence-corrected chi connectivity index (χ2v) is 6.40. The molecule has 0 amide bonds. The van der Waals surface area contributed by atoms with Crippen LogP contribution in [0, 0.1) is 0 Å². The Hall–Kier alpha value is -1.81. The minimum atomic E-state index is -1.19. The topological polar surface area (TPSA) is 126 Å². The quantitative estimate of drug-likeness (QED) is 0.605. The van der Waals surface area contributed by atoms with Gasteiger partial charge in [-0.05, 0) is 12.8 Å². The van der Waals surface area contributed by atoms with Crippen LogP contribution < -0.4 is 5.32 Å². The molecule has 0 radical (unpaired) electrons. The van der Waals surface area contributed by atoms with Gasteiger partial charge in [-0.2, -0.15) is 5.10 Å². The number of hydrogen-bond donors (Lipinski definition) is 4. The lowest BCUT2D eigenvalue weighted by molar-refractivity contribution is -0.0566. The standard InChI is InChI=1S/C15H21N5O4/c21-6-10-11(22)12(23)15(24-10)20-14-9(5-18-20)13(16-7-17-14)19-8-3-1-2-4-8/h5,7-8,10-12,15,21-23H,1-4,6H2,(H,16,17,19)/t10-,11-,12-,15?/m1/s1. The predicted molar refractivity (Wildman–Crippen MR) is 84.2 cm³/mol. The first-order valence-electron chi connectivity index (χ1n) is 8.26. The van der Waals surface area contributed by atoms with Gasteiger partial charge in [-0.1, -0.05) is 12.8 Å². The fourth-order valence-electron chi connectivity index (χ4n) is 3.51. The Labute approximate surface area is 138 Å². The molecule has 0 aromatic carbocycles. The van der Waals surface area contributed by atoms with Gasteiger partial charge in [0.15, 0.2) is 11.9 Å². The van der Waals surface area contributed by atoms with Gasteiger partial charge in [0, 0.05) is 6.04 Å². The number of fused-ring (bicyclic) bond motifs is 1. The Morgan fingerprint density at radius 3 is 2.71 bits per heavy atom. The summed E-state index contributed by atoms with van der Waals surface area (Å²) in [5.74, 6) is 0.713. The largest absolute Gasteiger partial charge is 0.394 e. The van der Waals surface area contributed by atoms with Crippen LogP contribution in [0.5, 0.6) is 0 Å². The van der Waals surface area contributed by atoms with Gasteiger partial charge in [-0.25, -0.2) is 14.6 Å². The summed E-state index contributed by atoms with van der Waals surface area (Å²) in [4.78, 5) is 8.55. The second kappa shape index (κ2) is 6.25. The molecule has 4 N–H and O–H groups in total. The maximum Gasteiger partial charge on any atom is 0.181 e. The van der Waals surface area contributed by atoms with Gasteiger partial charge in [0.05, 0.1) is 18.2 Å². The van der Waals surface area contributed by atoms with E-state index in [0.29, 0.717) is 17.5 Å². The molecule has 4 atom stereocenters. The summed E-state index contributed by atoms with van der Waals surface area (Å²) in [5, 5.41) is 37.8. The van der Waals surface area contributed by atoms with Gasteiger partial charge < -0.3 is 25.4 Å². The monoisotopic (exact) mass is 335 g/mol. The number of ether oxygens (including phenoxy) is 1. The van der Waals surface area contributed by atoms with Crippen LogP contribution in [0.2, 0.25) is 0 Å². The number of nitrogens with one attached hydrogen (secondary N) is 1. The zero-order chi connectivity index (χ0) is 16.7. The first kappa shape index (κ1) is 15.7. The molecule has 1 saturated heterocycles. The summed E-state index contributed by atoms with van der Waals surface area (Å²) in [6, 6.07) is 0.403. The van der Waals surface area contributed by atoms with E-state index in [4.69, 9.17) is 4.74 Å². The Morgan fingerprint density at radius 1 is 1.21 bits per heavy atom. The molecule has 1 saturated carbocycles. The fraction of sp³-hybridized carbons (Fsp3) is 0.667. The Bertz CT molecular complexity index is 717. The van der Waals surface area contributed by atoms with Crippen LogP contribution in [-0.4, -0.2) is 66.0 Å². The summed E-state index contributed by atoms with van der Waals surface area (Å²) in [5.41, 5.74) is 0.514. The molecule has 2 fully saturated rings. The molecule has 9 heteroatoms. The molecule has 0 spiro atoms. The number of aliphatic hydroxyl groups is 3. The molecule has 2 aromatic rings. The number of rotatable bonds is 4. The van der Waals surface area contributed by atoms with Crippen molar-refractivity contribution in [3.63, 3.8) is 0 Å². The van der Waals surface area contributed by atoms with Crippen LogP contribution in [0.3, 0.4) is 0 Å². The van der Waals surface area contributed by atoms with Crippen LogP contribution in [0.25, 0.3) is 11.0 Å². The predicted octanol–water partition coefficient (Wildman–Crippen LogP) is -0.208. The third-order valence-electron chi connectivity index (χ3n) is 4.85. The molecule has 1 aliphatic heterocycles. The van der Waals surface area contributed by atoms with Crippen LogP contribution in [0.15, 0.2) is 12.5 Å². The van der Waals surface area contributed by atoms with Crippen molar-refractivity contribution in [1.29, 1.82) is 0 Å². The van der Waals surface area contributed by atoms with E-state index in [-0.39, 0.29) is 6.61 Å². The molecule has 4 rings (SSSR count). The van der Waals surface area contributed by atoms with Gasteiger partial charge >= 0.3 is 0 Å². The SMILES string of the molecule is OC[C@H]1OC(n2ncc3c(NC4CCCC4)ncnc32)[C@H](O)[C@@H]1O. The summed E-state index contributed by atoms with van der Waals surface area (Å²) in [7, 11) is 0. The van der Waals surface area contributed by atoms with Crippen molar-refractivity contribution in [2.45, 2.75) is 56.3 Å². The maximum atomic E-state index is 10.2. The molecule has 1 aliphatic carbocycles. The van der Waals surface area contributed by atoms with E-state index < -0.39 is 24.5 Å². The lowest BCUT2D eigenvalue weighted by Crippen LogP contribution is -2.33. The molecule has 24 heavy (non-hydrogen) atoms. The average Bonchev–Trinajstić information content (AvgIpc) is 3.30. The van der Waals surface area contributed by atoms with Gasteiger partial charge in [0.2, 0.25) is 0 Å². The van der Waals surface area contributed by atoms with Crippen molar-refractivity contribution < 1.29 is 20.1 Å². The summed E-state index contributed by atoms with van der Waals surface area (Å²) in [6.45, 7) is -0.378. The first-order chi connectivity index (χ1) is 11.7. The van der Waals surface area contributed by atoms with Crippen LogP contribution >= 0.6 is 0 Å².